The number of benzene rings is 1. The third-order valence-electron chi connectivity index (χ3n) is 4.41. The Hall–Kier alpha value is -3.85. The maximum atomic E-state index is 12.9. The van der Waals surface area contributed by atoms with Crippen LogP contribution in [0.4, 0.5) is 19.0 Å². The Balaban J connectivity index is 2.22. The fourth-order valence-electron chi connectivity index (χ4n) is 3.11. The molecule has 2 heterocycles. The summed E-state index contributed by atoms with van der Waals surface area (Å²) in [6, 6.07) is 8.16. The maximum absolute atomic E-state index is 12.9. The van der Waals surface area contributed by atoms with E-state index in [9.17, 15) is 23.7 Å². The Morgan fingerprint density at radius 2 is 1.70 bits per heavy atom. The molecule has 0 atom stereocenters. The first-order valence-corrected chi connectivity index (χ1v) is 8.99. The van der Waals surface area contributed by atoms with Gasteiger partial charge in [-0.05, 0) is 23.6 Å². The molecule has 3 aromatic rings. The molecule has 0 saturated carbocycles. The largest absolute Gasteiger partial charge is 0.416 e. The summed E-state index contributed by atoms with van der Waals surface area (Å²) in [5, 5.41) is 23.6. The highest BCUT2D eigenvalue weighted by molar-refractivity contribution is 5.86. The summed E-state index contributed by atoms with van der Waals surface area (Å²) in [7, 11) is 0. The number of halogens is 3. The number of anilines is 1. The first-order valence-electron chi connectivity index (χ1n) is 8.99. The summed E-state index contributed by atoms with van der Waals surface area (Å²) in [6.45, 7) is 4.71. The Labute approximate surface area is 171 Å². The van der Waals surface area contributed by atoms with Crippen LogP contribution in [0.3, 0.4) is 0 Å². The van der Waals surface area contributed by atoms with Crippen LogP contribution in [0.1, 0.15) is 30.5 Å². The van der Waals surface area contributed by atoms with Gasteiger partial charge in [0.2, 0.25) is 0 Å². The van der Waals surface area contributed by atoms with E-state index in [0.717, 1.165) is 12.1 Å². The summed E-state index contributed by atoms with van der Waals surface area (Å²) in [5.41, 5.74) is 6.27. The Morgan fingerprint density at radius 1 is 1.07 bits per heavy atom. The lowest BCUT2D eigenvalue weighted by atomic mass is 9.92. The van der Waals surface area contributed by atoms with Crippen LogP contribution in [0.5, 0.6) is 0 Å². The van der Waals surface area contributed by atoms with Gasteiger partial charge in [-0.1, -0.05) is 26.0 Å². The molecule has 9 heteroatoms. The SMILES string of the molecule is CC(C)Cn1cc(-c2nc(N)c(C#N)c(-c3ccc(C(F)(F)F)cc3)c2C#N)cn1. The Bertz CT molecular complexity index is 1160. The van der Waals surface area contributed by atoms with Gasteiger partial charge in [-0.3, -0.25) is 4.68 Å². The van der Waals surface area contributed by atoms with E-state index in [0.29, 0.717) is 18.0 Å². The van der Waals surface area contributed by atoms with Crippen molar-refractivity contribution in [1.82, 2.24) is 14.8 Å². The second-order valence-electron chi connectivity index (χ2n) is 7.11. The van der Waals surface area contributed by atoms with Crippen molar-refractivity contribution in [2.45, 2.75) is 26.6 Å². The van der Waals surface area contributed by atoms with E-state index in [4.69, 9.17) is 5.73 Å². The van der Waals surface area contributed by atoms with Gasteiger partial charge >= 0.3 is 6.18 Å². The van der Waals surface area contributed by atoms with Crippen LogP contribution in [0, 0.1) is 28.6 Å². The molecule has 0 radical (unpaired) electrons. The van der Waals surface area contributed by atoms with Gasteiger partial charge in [-0.2, -0.15) is 28.8 Å². The third kappa shape index (κ3) is 3.96. The number of pyridine rings is 1. The number of hydrogen-bond acceptors (Lipinski definition) is 5. The molecule has 2 N–H and O–H groups in total. The van der Waals surface area contributed by atoms with E-state index in [1.54, 1.807) is 10.9 Å². The topological polar surface area (TPSA) is 104 Å². The van der Waals surface area contributed by atoms with Crippen LogP contribution in [0.25, 0.3) is 22.4 Å². The van der Waals surface area contributed by atoms with Gasteiger partial charge in [-0.15, -0.1) is 0 Å². The summed E-state index contributed by atoms with van der Waals surface area (Å²) in [4.78, 5) is 4.22. The summed E-state index contributed by atoms with van der Waals surface area (Å²) in [5.74, 6) is 0.230. The lowest BCUT2D eigenvalue weighted by molar-refractivity contribution is -0.137. The minimum Gasteiger partial charge on any atom is -0.383 e. The van der Waals surface area contributed by atoms with Gasteiger partial charge in [0.1, 0.15) is 23.5 Å². The minimum atomic E-state index is -4.50. The van der Waals surface area contributed by atoms with Gasteiger partial charge in [0, 0.05) is 23.9 Å². The van der Waals surface area contributed by atoms with Gasteiger partial charge in [0.25, 0.3) is 0 Å². The molecule has 0 aliphatic carbocycles. The van der Waals surface area contributed by atoms with E-state index >= 15 is 0 Å². The number of hydrogen-bond donors (Lipinski definition) is 1. The molecule has 0 aliphatic rings. The third-order valence-corrected chi connectivity index (χ3v) is 4.41. The molecule has 0 fully saturated rings. The molecular formula is C21H17F3N6. The molecule has 6 nitrogen and oxygen atoms in total. The van der Waals surface area contributed by atoms with E-state index in [2.05, 4.69) is 10.1 Å². The van der Waals surface area contributed by atoms with Crippen molar-refractivity contribution < 1.29 is 13.2 Å². The number of nitriles is 2. The van der Waals surface area contributed by atoms with Crippen molar-refractivity contribution in [1.29, 1.82) is 10.5 Å². The number of rotatable bonds is 4. The number of alkyl halides is 3. The molecule has 0 aliphatic heterocycles. The van der Waals surface area contributed by atoms with Gasteiger partial charge in [-0.25, -0.2) is 4.98 Å². The first-order chi connectivity index (χ1) is 14.2. The van der Waals surface area contributed by atoms with Crippen molar-refractivity contribution in [2.75, 3.05) is 5.73 Å². The lowest BCUT2D eigenvalue weighted by Crippen LogP contribution is -2.06. The second-order valence-corrected chi connectivity index (χ2v) is 7.11. The highest BCUT2D eigenvalue weighted by Crippen LogP contribution is 2.37. The fourth-order valence-corrected chi connectivity index (χ4v) is 3.11. The van der Waals surface area contributed by atoms with Crippen molar-refractivity contribution in [3.05, 3.63) is 53.3 Å². The molecule has 0 spiro atoms. The van der Waals surface area contributed by atoms with E-state index in [1.165, 1.54) is 18.3 Å². The fraction of sp³-hybridized carbons (Fsp3) is 0.238. The minimum absolute atomic E-state index is 0.0459. The molecule has 152 valence electrons. The van der Waals surface area contributed by atoms with Crippen LogP contribution in [-0.4, -0.2) is 14.8 Å². The predicted molar refractivity (Wildman–Crippen MR) is 105 cm³/mol. The van der Waals surface area contributed by atoms with Crippen LogP contribution in [0.15, 0.2) is 36.7 Å². The summed E-state index contributed by atoms with van der Waals surface area (Å²) < 4.78 is 40.4. The van der Waals surface area contributed by atoms with E-state index in [-0.39, 0.29) is 33.8 Å². The van der Waals surface area contributed by atoms with Gasteiger partial charge < -0.3 is 5.73 Å². The monoisotopic (exact) mass is 410 g/mol. The van der Waals surface area contributed by atoms with Crippen LogP contribution < -0.4 is 5.73 Å². The van der Waals surface area contributed by atoms with Crippen molar-refractivity contribution in [3.63, 3.8) is 0 Å². The smallest absolute Gasteiger partial charge is 0.383 e. The van der Waals surface area contributed by atoms with Crippen molar-refractivity contribution in [2.24, 2.45) is 5.92 Å². The summed E-state index contributed by atoms with van der Waals surface area (Å²) >= 11 is 0. The maximum Gasteiger partial charge on any atom is 0.416 e. The Morgan fingerprint density at radius 3 is 2.23 bits per heavy atom. The predicted octanol–water partition coefficient (Wildman–Crippen LogP) is 4.61. The molecule has 0 saturated heterocycles. The highest BCUT2D eigenvalue weighted by atomic mass is 19.4. The van der Waals surface area contributed by atoms with Gasteiger partial charge in [0.05, 0.1) is 23.0 Å². The lowest BCUT2D eigenvalue weighted by Gasteiger charge is -2.13. The molecule has 30 heavy (non-hydrogen) atoms. The average molecular weight is 410 g/mol. The number of nitrogens with zero attached hydrogens (tertiary/aromatic N) is 5. The molecule has 1 aromatic carbocycles. The zero-order chi connectivity index (χ0) is 22.1. The van der Waals surface area contributed by atoms with Crippen LogP contribution >= 0.6 is 0 Å². The van der Waals surface area contributed by atoms with Crippen LogP contribution in [-0.2, 0) is 12.7 Å². The number of aromatic nitrogens is 3. The second kappa shape index (κ2) is 7.88. The number of nitrogen functional groups attached to an aromatic ring is 1. The molecule has 0 bridgehead atoms. The zero-order valence-electron chi connectivity index (χ0n) is 16.2. The van der Waals surface area contributed by atoms with E-state index < -0.39 is 11.7 Å². The average Bonchev–Trinajstić information content (AvgIpc) is 3.14. The summed E-state index contributed by atoms with van der Waals surface area (Å²) in [6.07, 6.45) is -1.25. The van der Waals surface area contributed by atoms with Crippen molar-refractivity contribution in [3.8, 4) is 34.5 Å². The molecule has 0 unspecified atom stereocenters. The molecule has 2 aromatic heterocycles. The normalized spacial score (nSPS) is 11.3. The Kier molecular flexibility index (Phi) is 5.48. The molecule has 3 rings (SSSR count). The quantitative estimate of drug-likeness (QED) is 0.676. The van der Waals surface area contributed by atoms with Crippen LogP contribution in [0.2, 0.25) is 0 Å². The first kappa shape index (κ1) is 20.9. The van der Waals surface area contributed by atoms with Gasteiger partial charge in [0.15, 0.2) is 0 Å². The highest BCUT2D eigenvalue weighted by Gasteiger charge is 2.30. The number of nitrogens with two attached hydrogens (primary N) is 1. The molecular weight excluding hydrogens is 393 g/mol. The zero-order valence-corrected chi connectivity index (χ0v) is 16.2. The molecule has 0 amide bonds. The van der Waals surface area contributed by atoms with Crippen molar-refractivity contribution >= 4 is 5.82 Å². The standard InChI is InChI=1S/C21H17F3N6/c1-12(2)10-30-11-14(9-28-30)19-16(7-25)18(17(8-26)20(27)29-19)13-3-5-15(6-4-13)21(22,23)24/h3-6,9,11-12H,10H2,1-2H3,(H2,27,29). The van der Waals surface area contributed by atoms with E-state index in [1.807, 2.05) is 26.0 Å².